The minimum Gasteiger partial charge on any atom is -0.477 e. The average Bonchev–Trinajstić information content (AvgIpc) is 3.57. The second kappa shape index (κ2) is 13.4. The van der Waals surface area contributed by atoms with Crippen molar-refractivity contribution >= 4 is 40.9 Å². The van der Waals surface area contributed by atoms with E-state index in [-0.39, 0.29) is 46.0 Å². The molecule has 4 rings (SSSR count). The van der Waals surface area contributed by atoms with Crippen molar-refractivity contribution < 1.29 is 29.0 Å². The SMILES string of the molecule is CC1CCC(C(=O)N(c2cc(C#CC(C)(C)C)sc2C(=O)O)[C@H]2CCN(C(=O)OC3(C)CN(C(=O)CCC(C)(C)C)C3)C2)CC1. The molecule has 0 aromatic carbocycles. The molecule has 1 aromatic rings. The molecule has 1 saturated carbocycles. The van der Waals surface area contributed by atoms with Crippen molar-refractivity contribution in [2.75, 3.05) is 31.1 Å². The molecule has 10 heteroatoms. The molecule has 9 nitrogen and oxygen atoms in total. The smallest absolute Gasteiger partial charge is 0.410 e. The Morgan fingerprint density at radius 3 is 2.27 bits per heavy atom. The number of carbonyl (C=O) groups is 4. The predicted octanol–water partition coefficient (Wildman–Crippen LogP) is 6.64. The summed E-state index contributed by atoms with van der Waals surface area (Å²) in [6, 6.07) is 1.35. The number of carbonyl (C=O) groups excluding carboxylic acids is 3. The van der Waals surface area contributed by atoms with E-state index in [2.05, 4.69) is 39.5 Å². The highest BCUT2D eigenvalue weighted by Gasteiger charge is 2.47. The van der Waals surface area contributed by atoms with Gasteiger partial charge in [-0.05, 0) is 83.6 Å². The van der Waals surface area contributed by atoms with Crippen molar-refractivity contribution in [1.82, 2.24) is 9.80 Å². The lowest BCUT2D eigenvalue weighted by Crippen LogP contribution is -2.64. The summed E-state index contributed by atoms with van der Waals surface area (Å²) in [4.78, 5) is 58.3. The van der Waals surface area contributed by atoms with E-state index in [0.29, 0.717) is 49.0 Å². The zero-order valence-electron chi connectivity index (χ0n) is 28.3. The van der Waals surface area contributed by atoms with E-state index in [1.807, 2.05) is 27.7 Å². The standard InChI is InChI=1S/C35H51N3O6S/c1-23-9-11-24(12-10-23)30(40)38(27-19-26(13-16-33(2,3)4)45-29(27)31(41)42)25-15-18-36(20-25)32(43)44-35(8)21-37(22-35)28(39)14-17-34(5,6)7/h19,23-25H,9-12,14-15,17-18,20-22H2,1-8H3,(H,41,42)/t23?,24?,25-/m0/s1. The summed E-state index contributed by atoms with van der Waals surface area (Å²) in [5, 5.41) is 10.2. The normalized spacial score (nSPS) is 23.1. The van der Waals surface area contributed by atoms with Crippen molar-refractivity contribution in [3.63, 3.8) is 0 Å². The fraction of sp³-hybridized carbons (Fsp3) is 0.714. The van der Waals surface area contributed by atoms with Gasteiger partial charge in [-0.1, -0.05) is 39.5 Å². The van der Waals surface area contributed by atoms with Crippen LogP contribution in [0, 0.1) is 34.5 Å². The van der Waals surface area contributed by atoms with Gasteiger partial charge in [0.05, 0.1) is 29.7 Å². The first-order chi connectivity index (χ1) is 20.8. The Kier molecular flexibility index (Phi) is 10.3. The Labute approximate surface area is 272 Å². The van der Waals surface area contributed by atoms with E-state index in [1.165, 1.54) is 0 Å². The number of nitrogens with zero attached hydrogens (tertiary/aromatic N) is 3. The van der Waals surface area contributed by atoms with E-state index in [1.54, 1.807) is 20.8 Å². The van der Waals surface area contributed by atoms with Gasteiger partial charge in [-0.25, -0.2) is 9.59 Å². The molecular formula is C35H51N3O6S. The van der Waals surface area contributed by atoms with E-state index >= 15 is 0 Å². The molecule has 0 radical (unpaired) electrons. The van der Waals surface area contributed by atoms with E-state index in [4.69, 9.17) is 4.74 Å². The number of carboxylic acids is 1. The highest BCUT2D eigenvalue weighted by Crippen LogP contribution is 2.38. The van der Waals surface area contributed by atoms with Crippen molar-refractivity contribution in [3.05, 3.63) is 15.8 Å². The maximum absolute atomic E-state index is 14.2. The minimum atomic E-state index is -1.09. The zero-order valence-corrected chi connectivity index (χ0v) is 29.1. The first-order valence-corrected chi connectivity index (χ1v) is 17.1. The van der Waals surface area contributed by atoms with Gasteiger partial charge in [0.25, 0.3) is 0 Å². The number of aromatic carboxylic acids is 1. The summed E-state index contributed by atoms with van der Waals surface area (Å²) in [7, 11) is 0. The van der Waals surface area contributed by atoms with Gasteiger partial charge in [-0.15, -0.1) is 11.3 Å². The molecule has 1 aromatic heterocycles. The van der Waals surface area contributed by atoms with E-state index < -0.39 is 17.7 Å². The minimum absolute atomic E-state index is 0.0718. The van der Waals surface area contributed by atoms with Gasteiger partial charge < -0.3 is 24.5 Å². The number of hydrogen-bond acceptors (Lipinski definition) is 6. The molecule has 2 saturated heterocycles. The number of thiophene rings is 1. The third-order valence-corrected chi connectivity index (χ3v) is 9.97. The molecule has 0 unspecified atom stereocenters. The lowest BCUT2D eigenvalue weighted by Gasteiger charge is -2.47. The largest absolute Gasteiger partial charge is 0.477 e. The monoisotopic (exact) mass is 641 g/mol. The quantitative estimate of drug-likeness (QED) is 0.335. The Morgan fingerprint density at radius 2 is 1.69 bits per heavy atom. The van der Waals surface area contributed by atoms with Crippen LogP contribution in [0.5, 0.6) is 0 Å². The molecule has 3 fully saturated rings. The summed E-state index contributed by atoms with van der Waals surface area (Å²) < 4.78 is 5.92. The molecule has 3 amide bonds. The van der Waals surface area contributed by atoms with Crippen LogP contribution in [-0.4, -0.2) is 76.6 Å². The van der Waals surface area contributed by atoms with Crippen LogP contribution in [0.3, 0.4) is 0 Å². The van der Waals surface area contributed by atoms with Gasteiger partial charge in [0.2, 0.25) is 11.8 Å². The maximum Gasteiger partial charge on any atom is 0.410 e. The highest BCUT2D eigenvalue weighted by atomic mass is 32.1. The number of hydrogen-bond donors (Lipinski definition) is 1. The molecule has 3 heterocycles. The van der Waals surface area contributed by atoms with Gasteiger partial charge in [-0.3, -0.25) is 9.59 Å². The van der Waals surface area contributed by atoms with Crippen LogP contribution in [0.2, 0.25) is 0 Å². The van der Waals surface area contributed by atoms with Gasteiger partial charge >= 0.3 is 12.1 Å². The Bertz CT molecular complexity index is 1350. The summed E-state index contributed by atoms with van der Waals surface area (Å²) in [6.07, 6.45) is 4.75. The Hall–Kier alpha value is -3.06. The Balaban J connectivity index is 1.50. The first-order valence-electron chi connectivity index (χ1n) is 16.3. The highest BCUT2D eigenvalue weighted by molar-refractivity contribution is 7.15. The van der Waals surface area contributed by atoms with Crippen molar-refractivity contribution in [2.24, 2.45) is 22.7 Å². The predicted molar refractivity (Wildman–Crippen MR) is 176 cm³/mol. The molecule has 1 aliphatic carbocycles. The summed E-state index contributed by atoms with van der Waals surface area (Å²) in [5.41, 5.74) is -0.583. The molecule has 0 bridgehead atoms. The van der Waals surface area contributed by atoms with Crippen LogP contribution in [0.15, 0.2) is 6.07 Å². The fourth-order valence-corrected chi connectivity index (χ4v) is 7.10. The number of amides is 3. The number of carboxylic acid groups (broad SMARTS) is 1. The lowest BCUT2D eigenvalue weighted by molar-refractivity contribution is -0.154. The molecule has 3 aliphatic rings. The second-order valence-corrected chi connectivity index (χ2v) is 16.9. The molecule has 1 N–H and O–H groups in total. The van der Waals surface area contributed by atoms with E-state index in [0.717, 1.165) is 43.4 Å². The summed E-state index contributed by atoms with van der Waals surface area (Å²) in [5.74, 6) is 5.56. The Morgan fingerprint density at radius 1 is 1.04 bits per heavy atom. The molecule has 2 aliphatic heterocycles. The number of rotatable bonds is 7. The van der Waals surface area contributed by atoms with Crippen LogP contribution in [0.25, 0.3) is 0 Å². The van der Waals surface area contributed by atoms with Gasteiger partial charge in [0.1, 0.15) is 10.5 Å². The van der Waals surface area contributed by atoms with Crippen LogP contribution in [-0.2, 0) is 14.3 Å². The second-order valence-electron chi connectivity index (χ2n) is 15.8. The molecule has 1 atom stereocenters. The fourth-order valence-electron chi connectivity index (χ4n) is 6.26. The lowest BCUT2D eigenvalue weighted by atomic mass is 9.82. The number of anilines is 1. The molecule has 0 spiro atoms. The van der Waals surface area contributed by atoms with Crippen LogP contribution in [0.1, 0.15) is 115 Å². The average molecular weight is 642 g/mol. The van der Waals surface area contributed by atoms with Crippen molar-refractivity contribution in [3.8, 4) is 11.8 Å². The third-order valence-electron chi connectivity index (χ3n) is 8.94. The van der Waals surface area contributed by atoms with Crippen molar-refractivity contribution in [2.45, 2.75) is 112 Å². The zero-order chi connectivity index (χ0) is 33.3. The molecule has 248 valence electrons. The van der Waals surface area contributed by atoms with Crippen molar-refractivity contribution in [1.29, 1.82) is 0 Å². The summed E-state index contributed by atoms with van der Waals surface area (Å²) in [6.45, 7) is 17.7. The molecular weight excluding hydrogens is 590 g/mol. The van der Waals surface area contributed by atoms with Crippen LogP contribution in [0.4, 0.5) is 10.5 Å². The third kappa shape index (κ3) is 9.02. The number of ether oxygens (including phenoxy) is 1. The van der Waals surface area contributed by atoms with Gasteiger partial charge in [0, 0.05) is 30.8 Å². The molecule has 45 heavy (non-hydrogen) atoms. The number of likely N-dealkylation sites (tertiary alicyclic amines) is 2. The van der Waals surface area contributed by atoms with E-state index in [9.17, 15) is 24.3 Å². The van der Waals surface area contributed by atoms with Crippen LogP contribution < -0.4 is 4.90 Å². The summed E-state index contributed by atoms with van der Waals surface area (Å²) >= 11 is 1.09. The van der Waals surface area contributed by atoms with Gasteiger partial charge in [0.15, 0.2) is 0 Å². The topological polar surface area (TPSA) is 107 Å². The van der Waals surface area contributed by atoms with Gasteiger partial charge in [-0.2, -0.15) is 0 Å². The first kappa shape index (κ1) is 34.8. The van der Waals surface area contributed by atoms with Crippen LogP contribution >= 0.6 is 11.3 Å². The maximum atomic E-state index is 14.2.